The Hall–Kier alpha value is 0.110. The lowest BCUT2D eigenvalue weighted by molar-refractivity contribution is -0.0979. The number of alkyl halides is 4. The lowest BCUT2D eigenvalue weighted by Gasteiger charge is -1.87. The summed E-state index contributed by atoms with van der Waals surface area (Å²) in [7, 11) is 0. The standard InChI is InChI=1S/CCl2F2.CH2O/c2-1(3,4)5;1-2/h;1H2. The smallest absolute Gasteiger partial charge is 0.307 e. The number of carbonyl (C=O) groups excluding carboxylic acids is 1. The van der Waals surface area contributed by atoms with Crippen molar-refractivity contribution >= 4 is 30.0 Å². The minimum atomic E-state index is -3.56. The quantitative estimate of drug-likeness (QED) is 0.482. The van der Waals surface area contributed by atoms with Gasteiger partial charge in [-0.25, -0.2) is 0 Å². The predicted molar refractivity (Wildman–Crippen MR) is 23.8 cm³/mol. The molecule has 0 saturated heterocycles. The molecule has 0 heterocycles. The Morgan fingerprint density at radius 3 is 1.29 bits per heavy atom. The third-order valence-corrected chi connectivity index (χ3v) is 0. The van der Waals surface area contributed by atoms with Gasteiger partial charge < -0.3 is 4.79 Å². The molecule has 0 bridgehead atoms. The normalized spacial score (nSPS) is 9.14. The van der Waals surface area contributed by atoms with Crippen molar-refractivity contribution in [3.05, 3.63) is 0 Å². The van der Waals surface area contributed by atoms with Crippen LogP contribution in [0.25, 0.3) is 0 Å². The molecular formula is C2H2Cl2F2O. The summed E-state index contributed by atoms with van der Waals surface area (Å²) in [5.41, 5.74) is 0. The predicted octanol–water partition coefficient (Wildman–Crippen LogP) is 1.83. The maximum Gasteiger partial charge on any atom is 0.401 e. The summed E-state index contributed by atoms with van der Waals surface area (Å²) >= 11 is 7.92. The molecule has 0 aliphatic heterocycles. The van der Waals surface area contributed by atoms with Crippen molar-refractivity contribution in [3.63, 3.8) is 0 Å². The molecule has 7 heavy (non-hydrogen) atoms. The maximum absolute atomic E-state index is 10.6. The molecule has 0 aliphatic carbocycles. The van der Waals surface area contributed by atoms with E-state index in [1.54, 1.807) is 0 Å². The molecule has 0 N–H and O–H groups in total. The molecule has 0 spiro atoms. The van der Waals surface area contributed by atoms with Crippen molar-refractivity contribution in [2.24, 2.45) is 0 Å². The van der Waals surface area contributed by atoms with E-state index in [0.717, 1.165) is 0 Å². The van der Waals surface area contributed by atoms with Crippen molar-refractivity contribution in [1.29, 1.82) is 0 Å². The lowest BCUT2D eigenvalue weighted by atomic mass is 11.7. The van der Waals surface area contributed by atoms with Crippen molar-refractivity contribution < 1.29 is 13.6 Å². The van der Waals surface area contributed by atoms with E-state index in [0.29, 0.717) is 0 Å². The molecule has 0 unspecified atom stereocenters. The van der Waals surface area contributed by atoms with Gasteiger partial charge in [-0.1, -0.05) is 0 Å². The summed E-state index contributed by atoms with van der Waals surface area (Å²) in [6.07, 6.45) is 0. The molecule has 0 aromatic carbocycles. The van der Waals surface area contributed by atoms with E-state index in [1.807, 2.05) is 6.79 Å². The second-order valence-electron chi connectivity index (χ2n) is 0.429. The van der Waals surface area contributed by atoms with Crippen LogP contribution in [0.1, 0.15) is 0 Å². The second kappa shape index (κ2) is 4.27. The first-order chi connectivity index (χ1) is 3.00. The van der Waals surface area contributed by atoms with Crippen LogP contribution >= 0.6 is 23.2 Å². The summed E-state index contributed by atoms with van der Waals surface area (Å²) in [5, 5.41) is 0. The molecule has 0 fully saturated rings. The summed E-state index contributed by atoms with van der Waals surface area (Å²) in [6, 6.07) is 0. The molecule has 44 valence electrons. The summed E-state index contributed by atoms with van der Waals surface area (Å²) in [6.45, 7) is 2.00. The molecule has 1 nitrogen and oxygen atoms in total. The fraction of sp³-hybridized carbons (Fsp3) is 0.500. The first-order valence-corrected chi connectivity index (χ1v) is 1.80. The van der Waals surface area contributed by atoms with Crippen LogP contribution < -0.4 is 0 Å². The molecule has 0 aromatic heterocycles. The Balaban J connectivity index is 0. The van der Waals surface area contributed by atoms with E-state index in [-0.39, 0.29) is 0 Å². The minimum Gasteiger partial charge on any atom is -0.307 e. The van der Waals surface area contributed by atoms with Gasteiger partial charge >= 0.3 is 4.84 Å². The van der Waals surface area contributed by atoms with Gasteiger partial charge in [0.05, 0.1) is 0 Å². The van der Waals surface area contributed by atoms with Crippen LogP contribution in [-0.4, -0.2) is 11.6 Å². The average Bonchev–Trinajstić information content (AvgIpc) is 1.36. The van der Waals surface area contributed by atoms with Gasteiger partial charge in [-0.15, -0.1) is 0 Å². The monoisotopic (exact) mass is 150 g/mol. The van der Waals surface area contributed by atoms with Gasteiger partial charge in [0, 0.05) is 0 Å². The van der Waals surface area contributed by atoms with Gasteiger partial charge in [0.2, 0.25) is 0 Å². The molecule has 0 saturated carbocycles. The Labute approximate surface area is 49.2 Å². The molecule has 0 radical (unpaired) electrons. The zero-order valence-corrected chi connectivity index (χ0v) is 4.64. The highest BCUT2D eigenvalue weighted by molar-refractivity contribution is 6.45. The Morgan fingerprint density at radius 2 is 1.29 bits per heavy atom. The van der Waals surface area contributed by atoms with Gasteiger partial charge in [0.1, 0.15) is 6.79 Å². The summed E-state index contributed by atoms with van der Waals surface area (Å²) < 4.78 is 21.1. The number of hydrogen-bond donors (Lipinski definition) is 0. The Bertz CT molecular complexity index is 37.4. The fourth-order valence-corrected chi connectivity index (χ4v) is 0. The molecule has 0 amide bonds. The molecule has 0 atom stereocenters. The van der Waals surface area contributed by atoms with E-state index in [9.17, 15) is 8.78 Å². The lowest BCUT2D eigenvalue weighted by Crippen LogP contribution is -1.86. The van der Waals surface area contributed by atoms with Crippen molar-refractivity contribution in [2.75, 3.05) is 0 Å². The maximum atomic E-state index is 10.6. The molecule has 0 aromatic rings. The van der Waals surface area contributed by atoms with Crippen LogP contribution in [0.15, 0.2) is 0 Å². The molecule has 5 heteroatoms. The van der Waals surface area contributed by atoms with Gasteiger partial charge in [-0.2, -0.15) is 8.78 Å². The number of halogens is 4. The highest BCUT2D eigenvalue weighted by Gasteiger charge is 2.17. The summed E-state index contributed by atoms with van der Waals surface area (Å²) in [4.78, 5) is 4.44. The number of hydrogen-bond acceptors (Lipinski definition) is 1. The van der Waals surface area contributed by atoms with Crippen LogP contribution in [0.5, 0.6) is 0 Å². The van der Waals surface area contributed by atoms with Crippen molar-refractivity contribution in [2.45, 2.75) is 4.84 Å². The number of rotatable bonds is 0. The third kappa shape index (κ3) is 8530. The van der Waals surface area contributed by atoms with E-state index in [4.69, 9.17) is 4.79 Å². The van der Waals surface area contributed by atoms with E-state index in [1.165, 1.54) is 0 Å². The highest BCUT2D eigenvalue weighted by atomic mass is 35.5. The summed E-state index contributed by atoms with van der Waals surface area (Å²) in [5.74, 6) is 0. The fourth-order valence-electron chi connectivity index (χ4n) is 0. The SMILES string of the molecule is C=O.FC(F)(Cl)Cl. The topological polar surface area (TPSA) is 17.1 Å². The van der Waals surface area contributed by atoms with Crippen LogP contribution in [0.2, 0.25) is 0 Å². The molecule has 0 aliphatic rings. The van der Waals surface area contributed by atoms with Crippen LogP contribution in [0, 0.1) is 0 Å². The van der Waals surface area contributed by atoms with E-state index in [2.05, 4.69) is 23.2 Å². The van der Waals surface area contributed by atoms with E-state index < -0.39 is 4.84 Å². The molecule has 0 rings (SSSR count). The Kier molecular flexibility index (Phi) is 6.21. The zero-order chi connectivity index (χ0) is 6.50. The van der Waals surface area contributed by atoms with Crippen molar-refractivity contribution in [1.82, 2.24) is 0 Å². The second-order valence-corrected chi connectivity index (χ2v) is 1.57. The third-order valence-electron chi connectivity index (χ3n) is 0. The Morgan fingerprint density at radius 1 is 1.29 bits per heavy atom. The number of carbonyl (C=O) groups is 1. The first kappa shape index (κ1) is 10.2. The average molecular weight is 151 g/mol. The minimum absolute atomic E-state index is 2.00. The van der Waals surface area contributed by atoms with Crippen LogP contribution in [-0.2, 0) is 4.79 Å². The van der Waals surface area contributed by atoms with E-state index >= 15 is 0 Å². The zero-order valence-electron chi connectivity index (χ0n) is 3.13. The molecular weight excluding hydrogens is 149 g/mol. The largest absolute Gasteiger partial charge is 0.401 e. The van der Waals surface area contributed by atoms with Crippen molar-refractivity contribution in [3.8, 4) is 0 Å². The van der Waals surface area contributed by atoms with Crippen LogP contribution in [0.3, 0.4) is 0 Å². The van der Waals surface area contributed by atoms with Gasteiger partial charge in [0.15, 0.2) is 0 Å². The first-order valence-electron chi connectivity index (χ1n) is 1.04. The van der Waals surface area contributed by atoms with Gasteiger partial charge in [-0.05, 0) is 23.2 Å². The van der Waals surface area contributed by atoms with Gasteiger partial charge in [-0.3, -0.25) is 0 Å². The highest BCUT2D eigenvalue weighted by Crippen LogP contribution is 2.22. The van der Waals surface area contributed by atoms with Gasteiger partial charge in [0.25, 0.3) is 0 Å². The van der Waals surface area contributed by atoms with Crippen LogP contribution in [0.4, 0.5) is 8.78 Å².